The number of anilines is 1. The zero-order chi connectivity index (χ0) is 14.8. The predicted molar refractivity (Wildman–Crippen MR) is 92.9 cm³/mol. The summed E-state index contributed by atoms with van der Waals surface area (Å²) in [4.78, 5) is 4.83. The molecular weight excluding hydrogens is 326 g/mol. The number of nitrogens with one attached hydrogen (secondary N) is 1. The molecule has 1 atom stereocenters. The Balaban J connectivity index is 1.57. The fourth-order valence-electron chi connectivity index (χ4n) is 3.13. The zero-order valence-electron chi connectivity index (χ0n) is 13.1. The van der Waals surface area contributed by atoms with Gasteiger partial charge in [-0.05, 0) is 56.5 Å². The molecule has 116 valence electrons. The average Bonchev–Trinajstić information content (AvgIpc) is 3.20. The third-order valence-corrected chi connectivity index (χ3v) is 5.40. The summed E-state index contributed by atoms with van der Waals surface area (Å²) in [5.41, 5.74) is 2.67. The topological polar surface area (TPSA) is 18.5 Å². The van der Waals surface area contributed by atoms with Gasteiger partial charge in [0.15, 0.2) is 0 Å². The molecule has 1 N–H and O–H groups in total. The summed E-state index contributed by atoms with van der Waals surface area (Å²) in [6.45, 7) is 4.60. The summed E-state index contributed by atoms with van der Waals surface area (Å²) in [7, 11) is 4.43. The van der Waals surface area contributed by atoms with E-state index in [0.29, 0.717) is 0 Å². The first-order valence-electron chi connectivity index (χ1n) is 8.03. The second kappa shape index (κ2) is 6.67. The summed E-state index contributed by atoms with van der Waals surface area (Å²) in [5.74, 6) is 0.801. The van der Waals surface area contributed by atoms with Crippen molar-refractivity contribution in [3.8, 4) is 0 Å². The number of rotatable bonds is 6. The maximum absolute atomic E-state index is 3.73. The highest BCUT2D eigenvalue weighted by molar-refractivity contribution is 9.10. The Morgan fingerprint density at radius 2 is 2.14 bits per heavy atom. The molecule has 2 fully saturated rings. The fourth-order valence-corrected chi connectivity index (χ4v) is 3.63. The van der Waals surface area contributed by atoms with Crippen molar-refractivity contribution < 1.29 is 0 Å². The SMILES string of the molecule is CN1CCC(CN(C)c2ccc(CNC3CC3)c(Br)c2)C1. The van der Waals surface area contributed by atoms with Crippen LogP contribution in [-0.2, 0) is 6.54 Å². The van der Waals surface area contributed by atoms with Gasteiger partial charge in [0.1, 0.15) is 0 Å². The van der Waals surface area contributed by atoms with E-state index in [1.54, 1.807) is 0 Å². The molecule has 0 radical (unpaired) electrons. The standard InChI is InChI=1S/C17H26BrN3/c1-20-8-7-13(11-20)12-21(2)16-6-3-14(17(18)9-16)10-19-15-4-5-15/h3,6,9,13,15,19H,4-5,7-8,10-12H2,1-2H3. The van der Waals surface area contributed by atoms with Crippen molar-refractivity contribution in [2.75, 3.05) is 38.6 Å². The Morgan fingerprint density at radius 1 is 1.33 bits per heavy atom. The second-order valence-electron chi connectivity index (χ2n) is 6.73. The summed E-state index contributed by atoms with van der Waals surface area (Å²) >= 11 is 3.73. The summed E-state index contributed by atoms with van der Waals surface area (Å²) in [5, 5.41) is 3.58. The van der Waals surface area contributed by atoms with Gasteiger partial charge in [-0.1, -0.05) is 22.0 Å². The number of benzene rings is 1. The van der Waals surface area contributed by atoms with Crippen molar-refractivity contribution in [3.05, 3.63) is 28.2 Å². The van der Waals surface area contributed by atoms with Gasteiger partial charge in [0.2, 0.25) is 0 Å². The summed E-state index contributed by atoms with van der Waals surface area (Å²) < 4.78 is 1.23. The van der Waals surface area contributed by atoms with Gasteiger partial charge in [-0.3, -0.25) is 0 Å². The highest BCUT2D eigenvalue weighted by atomic mass is 79.9. The number of likely N-dealkylation sites (tertiary alicyclic amines) is 1. The van der Waals surface area contributed by atoms with Gasteiger partial charge < -0.3 is 15.1 Å². The van der Waals surface area contributed by atoms with Gasteiger partial charge in [-0.2, -0.15) is 0 Å². The largest absolute Gasteiger partial charge is 0.374 e. The van der Waals surface area contributed by atoms with Crippen LogP contribution in [0.1, 0.15) is 24.8 Å². The molecule has 1 aromatic carbocycles. The highest BCUT2D eigenvalue weighted by Crippen LogP contribution is 2.26. The Morgan fingerprint density at radius 3 is 2.76 bits per heavy atom. The average molecular weight is 352 g/mol. The van der Waals surface area contributed by atoms with Gasteiger partial charge in [0, 0.05) is 42.9 Å². The molecule has 4 heteroatoms. The van der Waals surface area contributed by atoms with Crippen LogP contribution in [0.3, 0.4) is 0 Å². The van der Waals surface area contributed by atoms with Crippen LogP contribution in [0.15, 0.2) is 22.7 Å². The molecule has 0 amide bonds. The second-order valence-corrected chi connectivity index (χ2v) is 7.58. The summed E-state index contributed by atoms with van der Waals surface area (Å²) in [6, 6.07) is 7.54. The van der Waals surface area contributed by atoms with E-state index >= 15 is 0 Å². The molecule has 1 saturated heterocycles. The van der Waals surface area contributed by atoms with Gasteiger partial charge in [0.05, 0.1) is 0 Å². The van der Waals surface area contributed by atoms with Crippen molar-refractivity contribution in [3.63, 3.8) is 0 Å². The van der Waals surface area contributed by atoms with Gasteiger partial charge in [-0.25, -0.2) is 0 Å². The van der Waals surface area contributed by atoms with E-state index in [2.05, 4.69) is 63.3 Å². The number of hydrogen-bond donors (Lipinski definition) is 1. The Hall–Kier alpha value is -0.580. The first-order chi connectivity index (χ1) is 10.1. The van der Waals surface area contributed by atoms with Crippen LogP contribution in [-0.4, -0.2) is 44.7 Å². The first kappa shape index (κ1) is 15.3. The third-order valence-electron chi connectivity index (χ3n) is 4.66. The normalized spacial score (nSPS) is 22.7. The molecule has 1 aliphatic heterocycles. The van der Waals surface area contributed by atoms with E-state index in [1.165, 1.54) is 48.1 Å². The molecule has 3 nitrogen and oxygen atoms in total. The van der Waals surface area contributed by atoms with Crippen LogP contribution in [0.25, 0.3) is 0 Å². The number of hydrogen-bond acceptors (Lipinski definition) is 3. The molecule has 1 aromatic rings. The molecule has 2 aliphatic rings. The molecular formula is C17H26BrN3. The quantitative estimate of drug-likeness (QED) is 0.849. The fraction of sp³-hybridized carbons (Fsp3) is 0.647. The van der Waals surface area contributed by atoms with Crippen molar-refractivity contribution >= 4 is 21.6 Å². The lowest BCUT2D eigenvalue weighted by Gasteiger charge is -2.24. The Labute approximate surface area is 136 Å². The minimum absolute atomic E-state index is 0.763. The Kier molecular flexibility index (Phi) is 4.87. The molecule has 0 bridgehead atoms. The molecule has 3 rings (SSSR count). The summed E-state index contributed by atoms with van der Waals surface area (Å²) in [6.07, 6.45) is 4.01. The van der Waals surface area contributed by atoms with Gasteiger partial charge >= 0.3 is 0 Å². The van der Waals surface area contributed by atoms with Crippen LogP contribution in [0, 0.1) is 5.92 Å². The highest BCUT2D eigenvalue weighted by Gasteiger charge is 2.22. The molecule has 1 aliphatic carbocycles. The molecule has 1 heterocycles. The van der Waals surface area contributed by atoms with Crippen molar-refractivity contribution in [2.45, 2.75) is 31.8 Å². The van der Waals surface area contributed by atoms with E-state index in [4.69, 9.17) is 0 Å². The third kappa shape index (κ3) is 4.21. The van der Waals surface area contributed by atoms with E-state index in [-0.39, 0.29) is 0 Å². The van der Waals surface area contributed by atoms with Crippen LogP contribution in [0.5, 0.6) is 0 Å². The molecule has 21 heavy (non-hydrogen) atoms. The van der Waals surface area contributed by atoms with E-state index < -0.39 is 0 Å². The number of halogens is 1. The van der Waals surface area contributed by atoms with Crippen molar-refractivity contribution in [1.29, 1.82) is 0 Å². The maximum Gasteiger partial charge on any atom is 0.0375 e. The maximum atomic E-state index is 3.73. The van der Waals surface area contributed by atoms with Crippen molar-refractivity contribution in [2.24, 2.45) is 5.92 Å². The van der Waals surface area contributed by atoms with Crippen LogP contribution in [0.4, 0.5) is 5.69 Å². The minimum Gasteiger partial charge on any atom is -0.374 e. The van der Waals surface area contributed by atoms with E-state index in [9.17, 15) is 0 Å². The van der Waals surface area contributed by atoms with Gasteiger partial charge in [-0.15, -0.1) is 0 Å². The lowest BCUT2D eigenvalue weighted by atomic mass is 10.1. The smallest absolute Gasteiger partial charge is 0.0375 e. The lowest BCUT2D eigenvalue weighted by molar-refractivity contribution is 0.396. The predicted octanol–water partition coefficient (Wildman–Crippen LogP) is 3.09. The van der Waals surface area contributed by atoms with Crippen LogP contribution >= 0.6 is 15.9 Å². The van der Waals surface area contributed by atoms with Crippen LogP contribution in [0.2, 0.25) is 0 Å². The van der Waals surface area contributed by atoms with E-state index in [0.717, 1.165) is 25.0 Å². The minimum atomic E-state index is 0.763. The lowest BCUT2D eigenvalue weighted by Crippen LogP contribution is -2.27. The monoisotopic (exact) mass is 351 g/mol. The first-order valence-corrected chi connectivity index (χ1v) is 8.82. The number of nitrogens with zero attached hydrogens (tertiary/aromatic N) is 2. The molecule has 0 aromatic heterocycles. The molecule has 1 unspecified atom stereocenters. The molecule has 1 saturated carbocycles. The van der Waals surface area contributed by atoms with Crippen LogP contribution < -0.4 is 10.2 Å². The van der Waals surface area contributed by atoms with E-state index in [1.807, 2.05) is 0 Å². The Bertz CT molecular complexity index is 487. The molecule has 0 spiro atoms. The van der Waals surface area contributed by atoms with Gasteiger partial charge in [0.25, 0.3) is 0 Å². The zero-order valence-corrected chi connectivity index (χ0v) is 14.7. The van der Waals surface area contributed by atoms with Crippen molar-refractivity contribution in [1.82, 2.24) is 10.2 Å².